The van der Waals surface area contributed by atoms with Gasteiger partial charge in [-0.15, -0.1) is 0 Å². The number of rotatable bonds is 3. The molecule has 1 aromatic carbocycles. The molecule has 2 N–H and O–H groups in total. The Balaban J connectivity index is 3.03. The van der Waals surface area contributed by atoms with Gasteiger partial charge in [0, 0.05) is 0 Å². The van der Waals surface area contributed by atoms with Gasteiger partial charge in [0.15, 0.2) is 0 Å². The minimum Gasteiger partial charge on any atom is -0.483 e. The van der Waals surface area contributed by atoms with Crippen LogP contribution in [0.1, 0.15) is 23.6 Å². The summed E-state index contributed by atoms with van der Waals surface area (Å²) in [7, 11) is 0. The van der Waals surface area contributed by atoms with Gasteiger partial charge in [-0.1, -0.05) is 24.4 Å². The normalized spacial score (nSPS) is 12.3. The third-order valence-electron chi connectivity index (χ3n) is 2.57. The predicted octanol–water partition coefficient (Wildman–Crippen LogP) is 2.67. The molecular weight excluding hydrogens is 206 g/mol. The third-order valence-corrected chi connectivity index (χ3v) is 2.90. The monoisotopic (exact) mass is 223 g/mol. The summed E-state index contributed by atoms with van der Waals surface area (Å²) in [6.45, 7) is 7.99. The molecule has 0 radical (unpaired) electrons. The van der Waals surface area contributed by atoms with Crippen LogP contribution in [0.3, 0.4) is 0 Å². The van der Waals surface area contributed by atoms with Gasteiger partial charge in [0.25, 0.3) is 0 Å². The van der Waals surface area contributed by atoms with Crippen LogP contribution >= 0.6 is 12.2 Å². The molecule has 3 heteroatoms. The van der Waals surface area contributed by atoms with Gasteiger partial charge in [-0.3, -0.25) is 0 Å². The van der Waals surface area contributed by atoms with Crippen molar-refractivity contribution in [1.82, 2.24) is 0 Å². The second kappa shape index (κ2) is 4.62. The van der Waals surface area contributed by atoms with Crippen molar-refractivity contribution in [3.05, 3.63) is 28.8 Å². The lowest BCUT2D eigenvalue weighted by Crippen LogP contribution is -2.29. The van der Waals surface area contributed by atoms with Crippen molar-refractivity contribution in [2.75, 3.05) is 0 Å². The maximum atomic E-state index is 5.75. The van der Waals surface area contributed by atoms with Crippen LogP contribution < -0.4 is 10.5 Å². The van der Waals surface area contributed by atoms with Gasteiger partial charge in [0.05, 0.1) is 0 Å². The summed E-state index contributed by atoms with van der Waals surface area (Å²) in [5.74, 6) is 0.898. The van der Waals surface area contributed by atoms with Gasteiger partial charge in [-0.05, 0) is 44.4 Å². The highest BCUT2D eigenvalue weighted by Gasteiger charge is 2.11. The van der Waals surface area contributed by atoms with Crippen LogP contribution in [0.15, 0.2) is 12.1 Å². The molecule has 82 valence electrons. The zero-order valence-corrected chi connectivity index (χ0v) is 10.4. The number of nitrogens with two attached hydrogens (primary N) is 1. The molecular formula is C12H17NOS. The van der Waals surface area contributed by atoms with E-state index < -0.39 is 0 Å². The Morgan fingerprint density at radius 3 is 2.33 bits per heavy atom. The molecule has 0 saturated heterocycles. The molecule has 0 fully saturated rings. The summed E-state index contributed by atoms with van der Waals surface area (Å²) in [6.07, 6.45) is -0.223. The fraction of sp³-hybridized carbons (Fsp3) is 0.417. The van der Waals surface area contributed by atoms with Crippen molar-refractivity contribution in [2.45, 2.75) is 33.8 Å². The molecule has 0 aliphatic rings. The molecule has 1 atom stereocenters. The molecule has 0 bridgehead atoms. The smallest absolute Gasteiger partial charge is 0.145 e. The van der Waals surface area contributed by atoms with Crippen LogP contribution in [0.2, 0.25) is 0 Å². The van der Waals surface area contributed by atoms with E-state index >= 15 is 0 Å². The first-order valence-corrected chi connectivity index (χ1v) is 5.37. The number of thiocarbonyl (C=S) groups is 1. The minimum absolute atomic E-state index is 0.223. The second-order valence-electron chi connectivity index (χ2n) is 3.82. The molecule has 0 saturated carbocycles. The summed E-state index contributed by atoms with van der Waals surface area (Å²) in [5.41, 5.74) is 9.01. The molecule has 0 aliphatic heterocycles. The van der Waals surface area contributed by atoms with E-state index in [0.29, 0.717) is 4.99 Å². The van der Waals surface area contributed by atoms with E-state index in [0.717, 1.165) is 16.9 Å². The zero-order valence-electron chi connectivity index (χ0n) is 9.63. The van der Waals surface area contributed by atoms with E-state index in [-0.39, 0.29) is 6.10 Å². The summed E-state index contributed by atoms with van der Waals surface area (Å²) in [5, 5.41) is 0. The molecule has 1 aromatic rings. The van der Waals surface area contributed by atoms with Crippen molar-refractivity contribution in [3.63, 3.8) is 0 Å². The third kappa shape index (κ3) is 2.69. The van der Waals surface area contributed by atoms with Crippen molar-refractivity contribution in [2.24, 2.45) is 5.73 Å². The molecule has 0 aromatic heterocycles. The Kier molecular flexibility index (Phi) is 3.69. The van der Waals surface area contributed by atoms with Gasteiger partial charge in [0.1, 0.15) is 16.8 Å². The molecule has 15 heavy (non-hydrogen) atoms. The second-order valence-corrected chi connectivity index (χ2v) is 4.29. The van der Waals surface area contributed by atoms with Crippen LogP contribution in [-0.2, 0) is 0 Å². The summed E-state index contributed by atoms with van der Waals surface area (Å²) >= 11 is 4.89. The van der Waals surface area contributed by atoms with Crippen molar-refractivity contribution in [3.8, 4) is 5.75 Å². The van der Waals surface area contributed by atoms with E-state index in [4.69, 9.17) is 22.7 Å². The van der Waals surface area contributed by atoms with E-state index in [1.165, 1.54) is 5.56 Å². The first-order valence-electron chi connectivity index (χ1n) is 4.96. The molecule has 0 aliphatic carbocycles. The molecule has 0 heterocycles. The van der Waals surface area contributed by atoms with E-state index in [1.807, 2.05) is 26.8 Å². The fourth-order valence-electron chi connectivity index (χ4n) is 1.34. The first-order chi connectivity index (χ1) is 6.93. The van der Waals surface area contributed by atoms with Gasteiger partial charge in [-0.2, -0.15) is 0 Å². The fourth-order valence-corrected chi connectivity index (χ4v) is 1.39. The summed E-state index contributed by atoms with van der Waals surface area (Å²) in [6, 6.07) is 4.13. The van der Waals surface area contributed by atoms with Gasteiger partial charge in [0.2, 0.25) is 0 Å². The van der Waals surface area contributed by atoms with E-state index in [9.17, 15) is 0 Å². The molecule has 0 amide bonds. The highest BCUT2D eigenvalue weighted by atomic mass is 32.1. The molecule has 1 rings (SSSR count). The number of hydrogen-bond donors (Lipinski definition) is 1. The lowest BCUT2D eigenvalue weighted by Gasteiger charge is -2.18. The zero-order chi connectivity index (χ0) is 11.6. The minimum atomic E-state index is -0.223. The first kappa shape index (κ1) is 12.0. The van der Waals surface area contributed by atoms with Crippen molar-refractivity contribution in [1.29, 1.82) is 0 Å². The Bertz CT molecular complexity index is 387. The van der Waals surface area contributed by atoms with Gasteiger partial charge in [-0.25, -0.2) is 0 Å². The standard InChI is InChI=1S/C12H17NOS/c1-7-5-6-8(2)11(9(7)3)14-10(4)12(13)15/h5-6,10H,1-4H3,(H2,13,15). The Hall–Kier alpha value is -1.09. The largest absolute Gasteiger partial charge is 0.483 e. The number of aryl methyl sites for hydroxylation is 2. The lowest BCUT2D eigenvalue weighted by molar-refractivity contribution is 0.284. The highest BCUT2D eigenvalue weighted by molar-refractivity contribution is 7.80. The SMILES string of the molecule is Cc1ccc(C)c(OC(C)C(N)=S)c1C. The highest BCUT2D eigenvalue weighted by Crippen LogP contribution is 2.26. The molecule has 1 unspecified atom stereocenters. The van der Waals surface area contributed by atoms with Crippen LogP contribution in [0.25, 0.3) is 0 Å². The van der Waals surface area contributed by atoms with Crippen LogP contribution in [-0.4, -0.2) is 11.1 Å². The summed E-state index contributed by atoms with van der Waals surface area (Å²) in [4.78, 5) is 0.385. The number of hydrogen-bond acceptors (Lipinski definition) is 2. The van der Waals surface area contributed by atoms with Gasteiger partial charge >= 0.3 is 0 Å². The Labute approximate surface area is 96.4 Å². The Morgan fingerprint density at radius 1 is 1.27 bits per heavy atom. The van der Waals surface area contributed by atoms with Crippen LogP contribution in [0, 0.1) is 20.8 Å². The van der Waals surface area contributed by atoms with E-state index in [1.54, 1.807) is 0 Å². The molecule has 2 nitrogen and oxygen atoms in total. The number of benzene rings is 1. The maximum Gasteiger partial charge on any atom is 0.145 e. The van der Waals surface area contributed by atoms with Gasteiger partial charge < -0.3 is 10.5 Å². The lowest BCUT2D eigenvalue weighted by atomic mass is 10.1. The van der Waals surface area contributed by atoms with E-state index in [2.05, 4.69) is 13.0 Å². The maximum absolute atomic E-state index is 5.75. The van der Waals surface area contributed by atoms with Crippen molar-refractivity contribution >= 4 is 17.2 Å². The van der Waals surface area contributed by atoms with Crippen LogP contribution in [0.5, 0.6) is 5.75 Å². The van der Waals surface area contributed by atoms with Crippen LogP contribution in [0.4, 0.5) is 0 Å². The number of ether oxygens (including phenoxy) is 1. The molecule has 0 spiro atoms. The quantitative estimate of drug-likeness (QED) is 0.800. The Morgan fingerprint density at radius 2 is 1.80 bits per heavy atom. The van der Waals surface area contributed by atoms with Crippen molar-refractivity contribution < 1.29 is 4.74 Å². The average molecular weight is 223 g/mol. The average Bonchev–Trinajstić information content (AvgIpc) is 2.18. The topological polar surface area (TPSA) is 35.2 Å². The predicted molar refractivity (Wildman–Crippen MR) is 67.5 cm³/mol. The summed E-state index contributed by atoms with van der Waals surface area (Å²) < 4.78 is 5.75.